The molecule has 138 valence electrons. The molecule has 0 bridgehead atoms. The fourth-order valence-electron chi connectivity index (χ4n) is 3.02. The largest absolute Gasteiger partial charge is 0.748 e. The van der Waals surface area contributed by atoms with Gasteiger partial charge in [-0.05, 0) is 24.8 Å². The monoisotopic (exact) mass is 353 g/mol. The minimum atomic E-state index is -4.00. The van der Waals surface area contributed by atoms with Gasteiger partial charge < -0.3 is 4.55 Å². The van der Waals surface area contributed by atoms with Gasteiger partial charge in [-0.25, -0.2) is 8.42 Å². The zero-order valence-corrected chi connectivity index (χ0v) is 15.7. The third kappa shape index (κ3) is 13.6. The minimum Gasteiger partial charge on any atom is -0.748 e. The Morgan fingerprint density at radius 2 is 1.04 bits per heavy atom. The van der Waals surface area contributed by atoms with Gasteiger partial charge in [0.15, 0.2) is 0 Å². The van der Waals surface area contributed by atoms with Crippen molar-refractivity contribution < 1.29 is 13.0 Å². The van der Waals surface area contributed by atoms with Crippen molar-refractivity contribution in [3.8, 4) is 0 Å². The van der Waals surface area contributed by atoms with Crippen LogP contribution in [0.2, 0.25) is 0 Å². The molecule has 3 nitrogen and oxygen atoms in total. The zero-order valence-electron chi connectivity index (χ0n) is 14.9. The molecule has 0 amide bonds. The third-order valence-corrected chi connectivity index (χ3v) is 5.24. The third-order valence-electron chi connectivity index (χ3n) is 4.45. The van der Waals surface area contributed by atoms with E-state index in [-0.39, 0.29) is 5.75 Å². The molecule has 0 fully saturated rings. The first-order chi connectivity index (χ1) is 11.6. The van der Waals surface area contributed by atoms with Crippen LogP contribution in [0.15, 0.2) is 30.3 Å². The molecular formula is C20H33O3S-. The average molecular weight is 354 g/mol. The predicted octanol–water partition coefficient (Wildman–Crippen LogP) is 5.46. The highest BCUT2D eigenvalue weighted by Gasteiger charge is 1.97. The summed E-state index contributed by atoms with van der Waals surface area (Å²) in [5, 5.41) is 0. The van der Waals surface area contributed by atoms with Crippen molar-refractivity contribution in [3.63, 3.8) is 0 Å². The van der Waals surface area contributed by atoms with Crippen LogP contribution in [0.25, 0.3) is 0 Å². The molecule has 0 spiro atoms. The van der Waals surface area contributed by atoms with Gasteiger partial charge in [-0.1, -0.05) is 94.5 Å². The molecule has 1 aromatic carbocycles. The van der Waals surface area contributed by atoms with Crippen LogP contribution in [-0.4, -0.2) is 18.7 Å². The molecule has 0 aliphatic rings. The summed E-state index contributed by atoms with van der Waals surface area (Å²) >= 11 is 0. The quantitative estimate of drug-likeness (QED) is 0.311. The van der Waals surface area contributed by atoms with Crippen LogP contribution in [0.5, 0.6) is 0 Å². The smallest absolute Gasteiger partial charge is 0.0945 e. The lowest BCUT2D eigenvalue weighted by Gasteiger charge is -2.06. The molecule has 0 heterocycles. The number of hydrogen-bond acceptors (Lipinski definition) is 3. The Morgan fingerprint density at radius 1 is 0.625 bits per heavy atom. The zero-order chi connectivity index (χ0) is 17.5. The van der Waals surface area contributed by atoms with Gasteiger partial charge in [0.1, 0.15) is 0 Å². The molecule has 0 N–H and O–H groups in total. The maximum atomic E-state index is 10.4. The van der Waals surface area contributed by atoms with Crippen molar-refractivity contribution in [2.75, 3.05) is 5.75 Å². The van der Waals surface area contributed by atoms with E-state index in [9.17, 15) is 13.0 Å². The van der Waals surface area contributed by atoms with Gasteiger partial charge in [-0.3, -0.25) is 0 Å². The second-order valence-corrected chi connectivity index (χ2v) is 8.26. The maximum Gasteiger partial charge on any atom is 0.0945 e. The first-order valence-electron chi connectivity index (χ1n) is 9.55. The number of unbranched alkanes of at least 4 members (excludes halogenated alkanes) is 11. The second-order valence-electron chi connectivity index (χ2n) is 6.74. The van der Waals surface area contributed by atoms with E-state index in [1.165, 1.54) is 63.4 Å². The molecule has 0 saturated heterocycles. The summed E-state index contributed by atoms with van der Waals surface area (Å²) in [6, 6.07) is 10.7. The van der Waals surface area contributed by atoms with Crippen LogP contribution < -0.4 is 0 Å². The Kier molecular flexibility index (Phi) is 11.8. The lowest BCUT2D eigenvalue weighted by molar-refractivity contribution is 0.459. The van der Waals surface area contributed by atoms with E-state index in [2.05, 4.69) is 30.3 Å². The van der Waals surface area contributed by atoms with Crippen molar-refractivity contribution in [1.29, 1.82) is 0 Å². The molecule has 0 unspecified atom stereocenters. The summed E-state index contributed by atoms with van der Waals surface area (Å²) in [4.78, 5) is 0. The normalized spacial score (nSPS) is 11.7. The van der Waals surface area contributed by atoms with Crippen LogP contribution in [0, 0.1) is 0 Å². The summed E-state index contributed by atoms with van der Waals surface area (Å²) in [5.74, 6) is -0.197. The molecular weight excluding hydrogens is 320 g/mol. The van der Waals surface area contributed by atoms with Crippen LogP contribution in [0.4, 0.5) is 0 Å². The second kappa shape index (κ2) is 13.4. The van der Waals surface area contributed by atoms with Crippen molar-refractivity contribution in [2.24, 2.45) is 0 Å². The van der Waals surface area contributed by atoms with E-state index in [1.54, 1.807) is 0 Å². The number of rotatable bonds is 15. The van der Waals surface area contributed by atoms with E-state index < -0.39 is 10.1 Å². The molecule has 24 heavy (non-hydrogen) atoms. The first kappa shape index (κ1) is 21.2. The van der Waals surface area contributed by atoms with E-state index in [0.717, 1.165) is 19.3 Å². The van der Waals surface area contributed by atoms with Gasteiger partial charge in [0, 0.05) is 5.75 Å². The van der Waals surface area contributed by atoms with E-state index >= 15 is 0 Å². The van der Waals surface area contributed by atoms with Gasteiger partial charge in [0.2, 0.25) is 0 Å². The molecule has 1 aromatic rings. The summed E-state index contributed by atoms with van der Waals surface area (Å²) in [6.45, 7) is 0. The Hall–Kier alpha value is -0.870. The van der Waals surface area contributed by atoms with Gasteiger partial charge in [-0.2, -0.15) is 0 Å². The number of aryl methyl sites for hydroxylation is 1. The number of hydrogen-bond donors (Lipinski definition) is 0. The van der Waals surface area contributed by atoms with Gasteiger partial charge in [0.05, 0.1) is 10.1 Å². The minimum absolute atomic E-state index is 0.197. The topological polar surface area (TPSA) is 57.2 Å². The van der Waals surface area contributed by atoms with Gasteiger partial charge >= 0.3 is 0 Å². The molecule has 1 rings (SSSR count). The molecule has 0 atom stereocenters. The molecule has 0 aliphatic carbocycles. The average Bonchev–Trinajstić information content (AvgIpc) is 2.55. The van der Waals surface area contributed by atoms with Crippen molar-refractivity contribution in [2.45, 2.75) is 83.5 Å². The van der Waals surface area contributed by atoms with Crippen molar-refractivity contribution >= 4 is 10.1 Å². The Morgan fingerprint density at radius 3 is 1.50 bits per heavy atom. The van der Waals surface area contributed by atoms with Crippen LogP contribution >= 0.6 is 0 Å². The Bertz CT molecular complexity index is 497. The summed E-state index contributed by atoms with van der Waals surface area (Å²) < 4.78 is 31.3. The van der Waals surface area contributed by atoms with Crippen LogP contribution in [0.1, 0.15) is 82.6 Å². The highest BCUT2D eigenvalue weighted by Crippen LogP contribution is 2.13. The lowest BCUT2D eigenvalue weighted by Crippen LogP contribution is -2.03. The van der Waals surface area contributed by atoms with Crippen LogP contribution in [0.3, 0.4) is 0 Å². The standard InChI is InChI=1S/C20H34O3S/c21-24(22,23)19-15-10-8-6-4-2-1-3-5-7-9-12-16-20-17-13-11-14-18-20/h11,13-14,17-18H,1-10,12,15-16,19H2,(H,21,22,23)/p-1. The lowest BCUT2D eigenvalue weighted by atomic mass is 10.0. The Labute approximate surface area is 148 Å². The molecule has 0 aliphatic heterocycles. The maximum absolute atomic E-state index is 10.4. The van der Waals surface area contributed by atoms with E-state index in [1.807, 2.05) is 0 Å². The highest BCUT2D eigenvalue weighted by molar-refractivity contribution is 7.85. The van der Waals surface area contributed by atoms with Crippen molar-refractivity contribution in [1.82, 2.24) is 0 Å². The van der Waals surface area contributed by atoms with E-state index in [0.29, 0.717) is 6.42 Å². The van der Waals surface area contributed by atoms with Crippen molar-refractivity contribution in [3.05, 3.63) is 35.9 Å². The summed E-state index contributed by atoms with van der Waals surface area (Å²) in [5.41, 5.74) is 1.45. The van der Waals surface area contributed by atoms with E-state index in [4.69, 9.17) is 0 Å². The predicted molar refractivity (Wildman–Crippen MR) is 100 cm³/mol. The Balaban J connectivity index is 1.76. The molecule has 0 radical (unpaired) electrons. The molecule has 0 saturated carbocycles. The van der Waals surface area contributed by atoms with Gasteiger partial charge in [0.25, 0.3) is 0 Å². The number of benzene rings is 1. The highest BCUT2D eigenvalue weighted by atomic mass is 32.2. The van der Waals surface area contributed by atoms with Crippen LogP contribution in [-0.2, 0) is 16.5 Å². The molecule has 4 heteroatoms. The molecule has 0 aromatic heterocycles. The fraction of sp³-hybridized carbons (Fsp3) is 0.700. The fourth-order valence-corrected chi connectivity index (χ4v) is 3.58. The first-order valence-corrected chi connectivity index (χ1v) is 11.1. The summed E-state index contributed by atoms with van der Waals surface area (Å²) in [7, 11) is -4.00. The van der Waals surface area contributed by atoms with Gasteiger partial charge in [-0.15, -0.1) is 0 Å². The SMILES string of the molecule is O=S(=O)([O-])CCCCCCCCCCCCCCc1ccccc1. The summed E-state index contributed by atoms with van der Waals surface area (Å²) in [6.07, 6.45) is 15.3.